The number of carbonyl (C=O) groups is 1. The van der Waals surface area contributed by atoms with Gasteiger partial charge in [-0.1, -0.05) is 44.2 Å². The number of hydrogen-bond donors (Lipinski definition) is 1. The second kappa shape index (κ2) is 7.34. The van der Waals surface area contributed by atoms with E-state index >= 15 is 0 Å². The molecule has 1 aliphatic heterocycles. The molecule has 0 aliphatic carbocycles. The monoisotopic (exact) mass is 328 g/mol. The molecule has 1 heterocycles. The predicted molar refractivity (Wildman–Crippen MR) is 82.6 cm³/mol. The van der Waals surface area contributed by atoms with Gasteiger partial charge < -0.3 is 5.32 Å². The van der Waals surface area contributed by atoms with Crippen molar-refractivity contribution < 1.29 is 18.0 Å². The number of benzene rings is 1. The van der Waals surface area contributed by atoms with Crippen molar-refractivity contribution in [1.29, 1.82) is 0 Å². The quantitative estimate of drug-likeness (QED) is 0.920. The first kappa shape index (κ1) is 17.8. The number of halogens is 3. The van der Waals surface area contributed by atoms with Gasteiger partial charge in [-0.05, 0) is 17.4 Å². The summed E-state index contributed by atoms with van der Waals surface area (Å²) < 4.78 is 36.9. The van der Waals surface area contributed by atoms with Gasteiger partial charge in [0.25, 0.3) is 0 Å². The Hall–Kier alpha value is -1.56. The van der Waals surface area contributed by atoms with E-state index in [1.54, 1.807) is 0 Å². The molecule has 1 amide bonds. The van der Waals surface area contributed by atoms with Crippen molar-refractivity contribution in [2.45, 2.75) is 39.0 Å². The summed E-state index contributed by atoms with van der Waals surface area (Å²) in [6, 6.07) is 9.87. The van der Waals surface area contributed by atoms with E-state index in [0.717, 1.165) is 19.6 Å². The van der Waals surface area contributed by atoms with Crippen LogP contribution in [0.1, 0.15) is 25.8 Å². The molecule has 1 fully saturated rings. The molecular formula is C17H23F3N2O. The van der Waals surface area contributed by atoms with Crippen LogP contribution in [0.3, 0.4) is 0 Å². The zero-order valence-electron chi connectivity index (χ0n) is 13.4. The molecule has 1 aliphatic rings. The molecule has 2 rings (SSSR count). The maximum Gasteiger partial charge on any atom is 0.397 e. The molecule has 128 valence electrons. The lowest BCUT2D eigenvalue weighted by Gasteiger charge is -2.41. The van der Waals surface area contributed by atoms with E-state index < -0.39 is 18.5 Å². The number of nitrogens with one attached hydrogen (secondary N) is 1. The van der Waals surface area contributed by atoms with E-state index in [9.17, 15) is 18.0 Å². The molecule has 1 N–H and O–H groups in total. The van der Waals surface area contributed by atoms with Crippen LogP contribution in [0.2, 0.25) is 0 Å². The fourth-order valence-corrected chi connectivity index (χ4v) is 3.35. The first-order chi connectivity index (χ1) is 10.7. The molecule has 0 bridgehead atoms. The lowest BCUT2D eigenvalue weighted by atomic mass is 9.85. The van der Waals surface area contributed by atoms with Crippen LogP contribution < -0.4 is 5.32 Å². The zero-order chi connectivity index (χ0) is 17.0. The largest absolute Gasteiger partial charge is 0.397 e. The van der Waals surface area contributed by atoms with Crippen LogP contribution in [0, 0.1) is 11.8 Å². The van der Waals surface area contributed by atoms with Crippen molar-refractivity contribution in [3.05, 3.63) is 35.9 Å². The van der Waals surface area contributed by atoms with Crippen LogP contribution in [0.25, 0.3) is 0 Å². The topological polar surface area (TPSA) is 32.3 Å². The number of likely N-dealkylation sites (tertiary alicyclic amines) is 1. The second-order valence-corrected chi connectivity index (χ2v) is 6.52. The summed E-state index contributed by atoms with van der Waals surface area (Å²) in [4.78, 5) is 13.8. The molecule has 23 heavy (non-hydrogen) atoms. The van der Waals surface area contributed by atoms with Gasteiger partial charge in [-0.3, -0.25) is 9.69 Å². The third-order valence-electron chi connectivity index (χ3n) is 4.26. The summed E-state index contributed by atoms with van der Waals surface area (Å²) in [6.07, 6.45) is -5.86. The fraction of sp³-hybridized carbons (Fsp3) is 0.588. The lowest BCUT2D eigenvalue weighted by Crippen LogP contribution is -2.54. The summed E-state index contributed by atoms with van der Waals surface area (Å²) in [5.74, 6) is -0.711. The van der Waals surface area contributed by atoms with Crippen molar-refractivity contribution in [1.82, 2.24) is 10.2 Å². The Bertz CT molecular complexity index is 506. The highest BCUT2D eigenvalue weighted by Gasteiger charge is 2.36. The number of piperidine rings is 1. The molecule has 1 aromatic carbocycles. The average molecular weight is 328 g/mol. The van der Waals surface area contributed by atoms with Crippen LogP contribution in [0.4, 0.5) is 13.2 Å². The van der Waals surface area contributed by atoms with E-state index in [-0.39, 0.29) is 17.9 Å². The zero-order valence-corrected chi connectivity index (χ0v) is 13.4. The molecule has 0 radical (unpaired) electrons. The first-order valence-electron chi connectivity index (χ1n) is 7.87. The Kier molecular flexibility index (Phi) is 5.68. The van der Waals surface area contributed by atoms with E-state index in [4.69, 9.17) is 0 Å². The van der Waals surface area contributed by atoms with Crippen molar-refractivity contribution in [3.8, 4) is 0 Å². The summed E-state index contributed by atoms with van der Waals surface area (Å²) >= 11 is 0. The number of amides is 1. The number of carbonyl (C=O) groups excluding carboxylic acids is 1. The Morgan fingerprint density at radius 3 is 2.26 bits per heavy atom. The van der Waals surface area contributed by atoms with E-state index in [0.29, 0.717) is 0 Å². The molecule has 1 aromatic rings. The third kappa shape index (κ3) is 5.53. The third-order valence-corrected chi connectivity index (χ3v) is 4.26. The van der Waals surface area contributed by atoms with Crippen LogP contribution >= 0.6 is 0 Å². The minimum Gasteiger partial charge on any atom is -0.352 e. The molecule has 1 saturated heterocycles. The van der Waals surface area contributed by atoms with Crippen LogP contribution in [-0.2, 0) is 11.3 Å². The maximum atomic E-state index is 12.3. The minimum atomic E-state index is -4.45. The van der Waals surface area contributed by atoms with Gasteiger partial charge >= 0.3 is 6.18 Å². The molecule has 0 aromatic heterocycles. The van der Waals surface area contributed by atoms with Crippen LogP contribution in [-0.4, -0.2) is 36.1 Å². The van der Waals surface area contributed by atoms with Gasteiger partial charge in [0.05, 0.1) is 0 Å². The van der Waals surface area contributed by atoms with Gasteiger partial charge in [0.1, 0.15) is 6.42 Å². The van der Waals surface area contributed by atoms with Crippen molar-refractivity contribution in [2.75, 3.05) is 13.1 Å². The molecule has 6 heteroatoms. The number of rotatable bonds is 4. The van der Waals surface area contributed by atoms with Gasteiger partial charge in [-0.25, -0.2) is 0 Å². The second-order valence-electron chi connectivity index (χ2n) is 6.52. The Labute approximate surface area is 134 Å². The van der Waals surface area contributed by atoms with Crippen LogP contribution in [0.15, 0.2) is 30.3 Å². The van der Waals surface area contributed by atoms with Gasteiger partial charge in [0.15, 0.2) is 0 Å². The minimum absolute atomic E-state index is 0.111. The number of hydrogen-bond acceptors (Lipinski definition) is 2. The molecule has 0 spiro atoms. The Balaban J connectivity index is 1.90. The highest BCUT2D eigenvalue weighted by Crippen LogP contribution is 2.25. The Morgan fingerprint density at radius 2 is 1.74 bits per heavy atom. The smallest absolute Gasteiger partial charge is 0.352 e. The highest BCUT2D eigenvalue weighted by molar-refractivity contribution is 5.77. The molecule has 2 unspecified atom stereocenters. The normalized spacial score (nSPS) is 26.0. The van der Waals surface area contributed by atoms with Gasteiger partial charge in [-0.15, -0.1) is 0 Å². The average Bonchev–Trinajstić information content (AvgIpc) is 2.42. The summed E-state index contributed by atoms with van der Waals surface area (Å²) in [6.45, 7) is 6.30. The van der Waals surface area contributed by atoms with E-state index in [1.807, 2.05) is 32.0 Å². The summed E-state index contributed by atoms with van der Waals surface area (Å²) in [5, 5.41) is 2.57. The molecule has 0 saturated carbocycles. The molecule has 2 atom stereocenters. The van der Waals surface area contributed by atoms with Gasteiger partial charge in [0, 0.05) is 25.7 Å². The molecule has 3 nitrogen and oxygen atoms in total. The van der Waals surface area contributed by atoms with Crippen molar-refractivity contribution in [2.24, 2.45) is 11.8 Å². The highest BCUT2D eigenvalue weighted by atomic mass is 19.4. The SMILES string of the molecule is CC1CN(Cc2ccccc2)CC(C)C1NC(=O)CC(F)(F)F. The van der Waals surface area contributed by atoms with Gasteiger partial charge in [-0.2, -0.15) is 13.2 Å². The standard InChI is InChI=1S/C17H23F3N2O/c1-12-9-22(11-14-6-4-3-5-7-14)10-13(2)16(12)21-15(23)8-17(18,19)20/h3-7,12-13,16H,8-11H2,1-2H3,(H,21,23). The first-order valence-corrected chi connectivity index (χ1v) is 7.87. The lowest BCUT2D eigenvalue weighted by molar-refractivity contribution is -0.155. The van der Waals surface area contributed by atoms with Crippen molar-refractivity contribution in [3.63, 3.8) is 0 Å². The van der Waals surface area contributed by atoms with E-state index in [1.165, 1.54) is 5.56 Å². The fourth-order valence-electron chi connectivity index (χ4n) is 3.35. The number of alkyl halides is 3. The van der Waals surface area contributed by atoms with Crippen molar-refractivity contribution >= 4 is 5.91 Å². The van der Waals surface area contributed by atoms with E-state index in [2.05, 4.69) is 22.3 Å². The summed E-state index contributed by atoms with van der Waals surface area (Å²) in [5.41, 5.74) is 1.21. The maximum absolute atomic E-state index is 12.3. The summed E-state index contributed by atoms with van der Waals surface area (Å²) in [7, 11) is 0. The molecular weight excluding hydrogens is 305 g/mol. The van der Waals surface area contributed by atoms with Crippen LogP contribution in [0.5, 0.6) is 0 Å². The van der Waals surface area contributed by atoms with Gasteiger partial charge in [0.2, 0.25) is 5.91 Å². The predicted octanol–water partition coefficient (Wildman–Crippen LogP) is 3.21. The number of nitrogens with zero attached hydrogens (tertiary/aromatic N) is 1. The Morgan fingerprint density at radius 1 is 1.17 bits per heavy atom.